The highest BCUT2D eigenvalue weighted by Gasteiger charge is 2.32. The van der Waals surface area contributed by atoms with Crippen LogP contribution in [0.25, 0.3) is 0 Å². The Morgan fingerprint density at radius 2 is 2.04 bits per heavy atom. The number of anilines is 1. The summed E-state index contributed by atoms with van der Waals surface area (Å²) in [6.45, 7) is 2.25. The van der Waals surface area contributed by atoms with Crippen molar-refractivity contribution in [1.29, 1.82) is 0 Å². The number of aliphatic hydroxyl groups is 1. The summed E-state index contributed by atoms with van der Waals surface area (Å²) in [6.07, 6.45) is 2.94. The minimum atomic E-state index is -3.89. The number of furan rings is 1. The standard InChI is InChI=1S/C17H21N3O6S/c1-17(21,16-5-4-10-26-16)12-18-14-7-6-13(20(22)23)11-15(14)27(24,25)19-8-2-3-9-19/h4-7,10-11,18,21H,2-3,8-9,12H2,1H3. The molecule has 1 aliphatic heterocycles. The van der Waals surface area contributed by atoms with Gasteiger partial charge in [0.05, 0.1) is 23.4 Å². The van der Waals surface area contributed by atoms with Gasteiger partial charge in [-0.3, -0.25) is 10.1 Å². The Morgan fingerprint density at radius 3 is 2.63 bits per heavy atom. The van der Waals surface area contributed by atoms with Crippen molar-refractivity contribution < 1.29 is 22.9 Å². The van der Waals surface area contributed by atoms with Crippen molar-refractivity contribution in [2.24, 2.45) is 0 Å². The highest BCUT2D eigenvalue weighted by molar-refractivity contribution is 7.89. The zero-order chi connectivity index (χ0) is 19.7. The third kappa shape index (κ3) is 3.97. The van der Waals surface area contributed by atoms with Crippen LogP contribution in [0.5, 0.6) is 0 Å². The van der Waals surface area contributed by atoms with Gasteiger partial charge >= 0.3 is 0 Å². The van der Waals surface area contributed by atoms with Crippen LogP contribution in [0.15, 0.2) is 45.9 Å². The number of nitrogens with zero attached hydrogens (tertiary/aromatic N) is 2. The van der Waals surface area contributed by atoms with Crippen molar-refractivity contribution in [2.45, 2.75) is 30.3 Å². The van der Waals surface area contributed by atoms with E-state index in [-0.39, 0.29) is 22.8 Å². The Balaban J connectivity index is 1.93. The molecule has 0 spiro atoms. The van der Waals surface area contributed by atoms with Gasteiger partial charge in [-0.05, 0) is 38.0 Å². The topological polar surface area (TPSA) is 126 Å². The van der Waals surface area contributed by atoms with Crippen molar-refractivity contribution in [3.8, 4) is 0 Å². The maximum absolute atomic E-state index is 13.0. The van der Waals surface area contributed by atoms with Crippen LogP contribution in [0.4, 0.5) is 11.4 Å². The summed E-state index contributed by atoms with van der Waals surface area (Å²) in [7, 11) is -3.89. The van der Waals surface area contributed by atoms with Crippen LogP contribution in [0.1, 0.15) is 25.5 Å². The molecule has 1 atom stereocenters. The Hall–Kier alpha value is -2.43. The van der Waals surface area contributed by atoms with Crippen molar-refractivity contribution in [1.82, 2.24) is 4.31 Å². The third-order valence-electron chi connectivity index (χ3n) is 4.53. The largest absolute Gasteiger partial charge is 0.466 e. The molecule has 2 aromatic rings. The van der Waals surface area contributed by atoms with E-state index in [0.29, 0.717) is 18.8 Å². The number of nitrogens with one attached hydrogen (secondary N) is 1. The lowest BCUT2D eigenvalue weighted by Crippen LogP contribution is -2.32. The molecule has 146 valence electrons. The zero-order valence-electron chi connectivity index (χ0n) is 14.8. The van der Waals surface area contributed by atoms with Crippen molar-refractivity contribution in [2.75, 3.05) is 25.0 Å². The lowest BCUT2D eigenvalue weighted by Gasteiger charge is -2.24. The zero-order valence-corrected chi connectivity index (χ0v) is 15.6. The van der Waals surface area contributed by atoms with Crippen LogP contribution in [0, 0.1) is 10.1 Å². The molecule has 0 bridgehead atoms. The number of nitro benzene ring substituents is 1. The molecule has 2 heterocycles. The first-order valence-electron chi connectivity index (χ1n) is 8.51. The van der Waals surface area contributed by atoms with E-state index in [0.717, 1.165) is 18.9 Å². The molecule has 1 aromatic heterocycles. The van der Waals surface area contributed by atoms with Gasteiger partial charge in [-0.2, -0.15) is 4.31 Å². The maximum atomic E-state index is 13.0. The molecule has 0 aliphatic carbocycles. The highest BCUT2D eigenvalue weighted by atomic mass is 32.2. The van der Waals surface area contributed by atoms with E-state index in [1.54, 1.807) is 12.1 Å². The van der Waals surface area contributed by atoms with Gasteiger partial charge in [0.25, 0.3) is 5.69 Å². The summed E-state index contributed by atoms with van der Waals surface area (Å²) in [5.74, 6) is 0.320. The summed E-state index contributed by atoms with van der Waals surface area (Å²) in [5, 5.41) is 24.6. The van der Waals surface area contributed by atoms with Crippen molar-refractivity contribution in [3.63, 3.8) is 0 Å². The fraction of sp³-hybridized carbons (Fsp3) is 0.412. The Kier molecular flexibility index (Phi) is 5.22. The molecule has 1 aromatic carbocycles. The second kappa shape index (κ2) is 7.29. The number of benzene rings is 1. The second-order valence-electron chi connectivity index (χ2n) is 6.65. The minimum absolute atomic E-state index is 0.0408. The number of hydrogen-bond acceptors (Lipinski definition) is 7. The van der Waals surface area contributed by atoms with Gasteiger partial charge in [0, 0.05) is 25.2 Å². The number of hydrogen-bond donors (Lipinski definition) is 2. The van der Waals surface area contributed by atoms with Crippen LogP contribution in [-0.4, -0.2) is 42.4 Å². The summed E-state index contributed by atoms with van der Waals surface area (Å²) in [4.78, 5) is 10.3. The molecule has 1 fully saturated rings. The first-order chi connectivity index (χ1) is 12.7. The molecule has 0 saturated carbocycles. The number of rotatable bonds is 7. The van der Waals surface area contributed by atoms with E-state index in [2.05, 4.69) is 5.32 Å². The second-order valence-corrected chi connectivity index (χ2v) is 8.56. The third-order valence-corrected chi connectivity index (χ3v) is 6.47. The van der Waals surface area contributed by atoms with E-state index in [1.807, 2.05) is 0 Å². The minimum Gasteiger partial charge on any atom is -0.466 e. The van der Waals surface area contributed by atoms with Gasteiger partial charge in [-0.15, -0.1) is 0 Å². The molecule has 2 N–H and O–H groups in total. The molecule has 1 unspecified atom stereocenters. The predicted octanol–water partition coefficient (Wildman–Crippen LogP) is 2.29. The maximum Gasteiger partial charge on any atom is 0.270 e. The average molecular weight is 395 g/mol. The Morgan fingerprint density at radius 1 is 1.33 bits per heavy atom. The molecule has 0 radical (unpaired) electrons. The van der Waals surface area contributed by atoms with Crippen molar-refractivity contribution in [3.05, 3.63) is 52.5 Å². The fourth-order valence-corrected chi connectivity index (χ4v) is 4.70. The van der Waals surface area contributed by atoms with Gasteiger partial charge in [-0.1, -0.05) is 0 Å². The van der Waals surface area contributed by atoms with Gasteiger partial charge in [-0.25, -0.2) is 8.42 Å². The number of non-ortho nitro benzene ring substituents is 1. The summed E-state index contributed by atoms with van der Waals surface area (Å²) in [5.41, 5.74) is -1.50. The SMILES string of the molecule is CC(O)(CNc1ccc([N+](=O)[O-])cc1S(=O)(=O)N1CCCC1)c1ccco1. The molecule has 1 aliphatic rings. The first-order valence-corrected chi connectivity index (χ1v) is 9.95. The smallest absolute Gasteiger partial charge is 0.270 e. The fourth-order valence-electron chi connectivity index (χ4n) is 2.99. The highest BCUT2D eigenvalue weighted by Crippen LogP contribution is 2.32. The molecule has 9 nitrogen and oxygen atoms in total. The first kappa shape index (κ1) is 19.3. The van der Waals surface area contributed by atoms with Gasteiger partial charge in [0.2, 0.25) is 10.0 Å². The molecular weight excluding hydrogens is 374 g/mol. The van der Waals surface area contributed by atoms with E-state index < -0.39 is 20.5 Å². The number of nitro groups is 1. The van der Waals surface area contributed by atoms with Gasteiger partial charge in [0.1, 0.15) is 16.3 Å². The van der Waals surface area contributed by atoms with Crippen molar-refractivity contribution >= 4 is 21.4 Å². The van der Waals surface area contributed by atoms with Crippen LogP contribution in [0.2, 0.25) is 0 Å². The van der Waals surface area contributed by atoms with Crippen LogP contribution < -0.4 is 5.32 Å². The van der Waals surface area contributed by atoms with E-state index in [1.165, 1.54) is 29.6 Å². The molecule has 0 amide bonds. The van der Waals surface area contributed by atoms with Gasteiger partial charge in [0.15, 0.2) is 0 Å². The average Bonchev–Trinajstić information content (AvgIpc) is 3.33. The van der Waals surface area contributed by atoms with E-state index in [4.69, 9.17) is 4.42 Å². The molecule has 10 heteroatoms. The quantitative estimate of drug-likeness (QED) is 0.544. The molecular formula is C17H21N3O6S. The van der Waals surface area contributed by atoms with Crippen LogP contribution >= 0.6 is 0 Å². The summed E-state index contributed by atoms with van der Waals surface area (Å²) < 4.78 is 32.5. The predicted molar refractivity (Wildman–Crippen MR) is 97.9 cm³/mol. The summed E-state index contributed by atoms with van der Waals surface area (Å²) >= 11 is 0. The van der Waals surface area contributed by atoms with Crippen LogP contribution in [0.3, 0.4) is 0 Å². The number of sulfonamides is 1. The molecule has 1 saturated heterocycles. The van der Waals surface area contributed by atoms with Gasteiger partial charge < -0.3 is 14.8 Å². The normalized spacial score (nSPS) is 17.6. The summed E-state index contributed by atoms with van der Waals surface area (Å²) in [6, 6.07) is 6.88. The van der Waals surface area contributed by atoms with E-state index >= 15 is 0 Å². The monoisotopic (exact) mass is 395 g/mol. The van der Waals surface area contributed by atoms with Crippen LogP contribution in [-0.2, 0) is 15.6 Å². The van der Waals surface area contributed by atoms with E-state index in [9.17, 15) is 23.6 Å². The molecule has 27 heavy (non-hydrogen) atoms. The Labute approximate surface area is 156 Å². The molecule has 3 rings (SSSR count). The Bertz CT molecular complexity index is 918. The lowest BCUT2D eigenvalue weighted by atomic mass is 10.0. The lowest BCUT2D eigenvalue weighted by molar-refractivity contribution is -0.385.